The van der Waals surface area contributed by atoms with E-state index in [4.69, 9.17) is 4.74 Å². The summed E-state index contributed by atoms with van der Waals surface area (Å²) in [6.45, 7) is 5.57. The van der Waals surface area contributed by atoms with Crippen molar-refractivity contribution in [2.45, 2.75) is 33.2 Å². The van der Waals surface area contributed by atoms with Gasteiger partial charge in [0.25, 0.3) is 0 Å². The van der Waals surface area contributed by atoms with E-state index in [1.807, 2.05) is 19.9 Å². The molecule has 0 amide bonds. The van der Waals surface area contributed by atoms with Gasteiger partial charge in [-0.05, 0) is 24.9 Å². The van der Waals surface area contributed by atoms with Gasteiger partial charge >= 0.3 is 5.97 Å². The van der Waals surface area contributed by atoms with Crippen molar-refractivity contribution in [3.8, 4) is 0 Å². The first kappa shape index (κ1) is 15.6. The maximum Gasteiger partial charge on any atom is 0.306 e. The van der Waals surface area contributed by atoms with Crippen LogP contribution in [0.25, 0.3) is 0 Å². The first-order valence-corrected chi connectivity index (χ1v) is 6.69. The first-order valence-electron chi connectivity index (χ1n) is 6.69. The van der Waals surface area contributed by atoms with Gasteiger partial charge in [0.05, 0.1) is 6.61 Å². The fraction of sp³-hybridized carbons (Fsp3) is 0.533. The largest absolute Gasteiger partial charge is 0.466 e. The monoisotopic (exact) mass is 267 g/mol. The second-order valence-corrected chi connectivity index (χ2v) is 4.94. The van der Waals surface area contributed by atoms with Crippen LogP contribution in [-0.2, 0) is 16.1 Å². The van der Waals surface area contributed by atoms with Crippen molar-refractivity contribution in [1.82, 2.24) is 5.32 Å². The smallest absolute Gasteiger partial charge is 0.306 e. The minimum atomic E-state index is -0.196. The number of esters is 1. The average molecular weight is 267 g/mol. The Morgan fingerprint density at radius 2 is 2.11 bits per heavy atom. The van der Waals surface area contributed by atoms with Crippen molar-refractivity contribution < 1.29 is 13.9 Å². The third-order valence-electron chi connectivity index (χ3n) is 2.61. The number of carbonyl (C=O) groups excluding carboxylic acids is 1. The standard InChI is InChI=1S/C15H22FNO2/c1-12(2)10-15(18)19-9-5-8-17-11-13-6-3-4-7-14(13)16/h3-4,6-7,12,17H,5,8-11H2,1-2H3. The molecule has 0 atom stereocenters. The van der Waals surface area contributed by atoms with Crippen LogP contribution in [0.2, 0.25) is 0 Å². The fourth-order valence-electron chi connectivity index (χ4n) is 1.64. The molecule has 0 fully saturated rings. The Labute approximate surface area is 114 Å². The van der Waals surface area contributed by atoms with Gasteiger partial charge in [-0.2, -0.15) is 0 Å². The average Bonchev–Trinajstić information content (AvgIpc) is 2.34. The predicted molar refractivity (Wildman–Crippen MR) is 73.1 cm³/mol. The fourth-order valence-corrected chi connectivity index (χ4v) is 1.64. The lowest BCUT2D eigenvalue weighted by molar-refractivity contribution is -0.144. The van der Waals surface area contributed by atoms with Crippen molar-refractivity contribution in [3.63, 3.8) is 0 Å². The zero-order valence-electron chi connectivity index (χ0n) is 11.6. The summed E-state index contributed by atoms with van der Waals surface area (Å²) < 4.78 is 18.4. The Morgan fingerprint density at radius 3 is 2.79 bits per heavy atom. The SMILES string of the molecule is CC(C)CC(=O)OCCCNCc1ccccc1F. The molecule has 0 spiro atoms. The van der Waals surface area contributed by atoms with E-state index in [-0.39, 0.29) is 11.8 Å². The summed E-state index contributed by atoms with van der Waals surface area (Å²) in [5.74, 6) is -0.0193. The minimum Gasteiger partial charge on any atom is -0.466 e. The van der Waals surface area contributed by atoms with Crippen LogP contribution >= 0.6 is 0 Å². The van der Waals surface area contributed by atoms with Crippen LogP contribution in [0.1, 0.15) is 32.3 Å². The Bertz CT molecular complexity index is 393. The van der Waals surface area contributed by atoms with Gasteiger partial charge in [-0.15, -0.1) is 0 Å². The first-order chi connectivity index (χ1) is 9.09. The van der Waals surface area contributed by atoms with Crippen LogP contribution < -0.4 is 5.32 Å². The highest BCUT2D eigenvalue weighted by Gasteiger charge is 2.05. The number of hydrogen-bond acceptors (Lipinski definition) is 3. The third kappa shape index (κ3) is 6.91. The Morgan fingerprint density at radius 1 is 1.37 bits per heavy atom. The van der Waals surface area contributed by atoms with Gasteiger partial charge in [0.15, 0.2) is 0 Å². The van der Waals surface area contributed by atoms with Gasteiger partial charge in [-0.1, -0.05) is 32.0 Å². The molecule has 0 saturated carbocycles. The predicted octanol–water partition coefficient (Wildman–Crippen LogP) is 2.89. The van der Waals surface area contributed by atoms with Crippen LogP contribution in [0.5, 0.6) is 0 Å². The number of rotatable bonds is 8. The second-order valence-electron chi connectivity index (χ2n) is 4.94. The number of ether oxygens (including phenoxy) is 1. The van der Waals surface area contributed by atoms with Crippen molar-refractivity contribution in [1.29, 1.82) is 0 Å². The maximum absolute atomic E-state index is 13.3. The van der Waals surface area contributed by atoms with Crippen LogP contribution in [0, 0.1) is 11.7 Å². The molecule has 0 heterocycles. The van der Waals surface area contributed by atoms with E-state index in [0.717, 1.165) is 6.42 Å². The Balaban J connectivity index is 2.06. The molecule has 3 nitrogen and oxygen atoms in total. The Kier molecular flexibility index (Phi) is 7.11. The molecular formula is C15H22FNO2. The summed E-state index contributed by atoms with van der Waals surface area (Å²) in [5, 5.41) is 3.13. The molecule has 0 aliphatic heterocycles. The number of hydrogen-bond donors (Lipinski definition) is 1. The molecule has 0 radical (unpaired) electrons. The topological polar surface area (TPSA) is 38.3 Å². The van der Waals surface area contributed by atoms with Crippen molar-refractivity contribution in [2.75, 3.05) is 13.2 Å². The van der Waals surface area contributed by atoms with Crippen LogP contribution in [-0.4, -0.2) is 19.1 Å². The normalized spacial score (nSPS) is 10.7. The molecule has 1 N–H and O–H groups in total. The number of halogens is 1. The van der Waals surface area contributed by atoms with Gasteiger partial charge in [-0.25, -0.2) is 4.39 Å². The lowest BCUT2D eigenvalue weighted by Crippen LogP contribution is -2.18. The lowest BCUT2D eigenvalue weighted by Gasteiger charge is -2.08. The van der Waals surface area contributed by atoms with Gasteiger partial charge in [-0.3, -0.25) is 4.79 Å². The second kappa shape index (κ2) is 8.64. The highest BCUT2D eigenvalue weighted by molar-refractivity contribution is 5.69. The molecule has 19 heavy (non-hydrogen) atoms. The molecule has 0 unspecified atom stereocenters. The molecule has 0 aliphatic carbocycles. The van der Waals surface area contributed by atoms with Crippen LogP contribution in [0.15, 0.2) is 24.3 Å². The molecule has 0 bridgehead atoms. The van der Waals surface area contributed by atoms with Crippen LogP contribution in [0.3, 0.4) is 0 Å². The summed E-state index contributed by atoms with van der Waals surface area (Å²) >= 11 is 0. The summed E-state index contributed by atoms with van der Waals surface area (Å²) in [7, 11) is 0. The summed E-state index contributed by atoms with van der Waals surface area (Å²) in [6.07, 6.45) is 1.20. The minimum absolute atomic E-state index is 0.149. The Hall–Kier alpha value is -1.42. The highest BCUT2D eigenvalue weighted by atomic mass is 19.1. The zero-order chi connectivity index (χ0) is 14.1. The summed E-state index contributed by atoms with van der Waals surface area (Å²) in [5.41, 5.74) is 0.652. The number of carbonyl (C=O) groups is 1. The highest BCUT2D eigenvalue weighted by Crippen LogP contribution is 2.05. The quantitative estimate of drug-likeness (QED) is 0.581. The number of nitrogens with one attached hydrogen (secondary N) is 1. The van der Waals surface area contributed by atoms with E-state index < -0.39 is 0 Å². The molecule has 0 saturated heterocycles. The van der Waals surface area contributed by atoms with Crippen LogP contribution in [0.4, 0.5) is 4.39 Å². The molecule has 4 heteroatoms. The van der Waals surface area contributed by atoms with Crippen molar-refractivity contribution >= 4 is 5.97 Å². The van der Waals surface area contributed by atoms with E-state index in [1.165, 1.54) is 6.07 Å². The lowest BCUT2D eigenvalue weighted by atomic mass is 10.1. The van der Waals surface area contributed by atoms with E-state index in [0.29, 0.717) is 37.6 Å². The molecule has 106 valence electrons. The van der Waals surface area contributed by atoms with Gasteiger partial charge in [0, 0.05) is 18.5 Å². The zero-order valence-corrected chi connectivity index (χ0v) is 11.6. The van der Waals surface area contributed by atoms with E-state index in [1.54, 1.807) is 12.1 Å². The van der Waals surface area contributed by atoms with Gasteiger partial charge < -0.3 is 10.1 Å². The molecule has 1 aromatic carbocycles. The maximum atomic E-state index is 13.3. The van der Waals surface area contributed by atoms with Gasteiger partial charge in [0.2, 0.25) is 0 Å². The molecule has 0 aliphatic rings. The van der Waals surface area contributed by atoms with Crippen molar-refractivity contribution in [3.05, 3.63) is 35.6 Å². The van der Waals surface area contributed by atoms with E-state index in [2.05, 4.69) is 5.32 Å². The summed E-state index contributed by atoms with van der Waals surface area (Å²) in [4.78, 5) is 11.3. The molecule has 1 rings (SSSR count). The number of benzene rings is 1. The van der Waals surface area contributed by atoms with Crippen molar-refractivity contribution in [2.24, 2.45) is 5.92 Å². The molecule has 1 aromatic rings. The van der Waals surface area contributed by atoms with Gasteiger partial charge in [0.1, 0.15) is 5.82 Å². The van der Waals surface area contributed by atoms with E-state index in [9.17, 15) is 9.18 Å². The van der Waals surface area contributed by atoms with E-state index >= 15 is 0 Å². The summed E-state index contributed by atoms with van der Waals surface area (Å²) in [6, 6.07) is 6.69. The third-order valence-corrected chi connectivity index (χ3v) is 2.61. The molecular weight excluding hydrogens is 245 g/mol. The molecule has 0 aromatic heterocycles.